The van der Waals surface area contributed by atoms with E-state index in [-0.39, 0.29) is 24.2 Å². The van der Waals surface area contributed by atoms with Gasteiger partial charge in [0.05, 0.1) is 5.69 Å². The molecular weight excluding hydrogens is 354 g/mol. The predicted octanol–water partition coefficient (Wildman–Crippen LogP) is 3.37. The molecule has 1 heterocycles. The summed E-state index contributed by atoms with van der Waals surface area (Å²) >= 11 is 0. The molecule has 2 N–H and O–H groups in total. The molecule has 0 spiro atoms. The lowest BCUT2D eigenvalue weighted by atomic mass is 10.1. The van der Waals surface area contributed by atoms with Crippen molar-refractivity contribution in [3.05, 3.63) is 78.0 Å². The number of aromatic amines is 1. The number of aromatic nitrogens is 2. The first-order chi connectivity index (χ1) is 13.6. The summed E-state index contributed by atoms with van der Waals surface area (Å²) in [5, 5.41) is 9.61. The summed E-state index contributed by atoms with van der Waals surface area (Å²) in [5.41, 5.74) is 2.97. The minimum atomic E-state index is -0.609. The maximum absolute atomic E-state index is 12.1. The van der Waals surface area contributed by atoms with Crippen LogP contribution in [-0.4, -0.2) is 34.7 Å². The van der Waals surface area contributed by atoms with Crippen molar-refractivity contribution in [3.63, 3.8) is 0 Å². The summed E-state index contributed by atoms with van der Waals surface area (Å²) < 4.78 is 5.08. The molecule has 2 aromatic carbocycles. The second kappa shape index (κ2) is 9.50. The van der Waals surface area contributed by atoms with Gasteiger partial charge in [-0.3, -0.25) is 9.89 Å². The number of H-pyrrole nitrogens is 1. The zero-order valence-electron chi connectivity index (χ0n) is 15.7. The summed E-state index contributed by atoms with van der Waals surface area (Å²) in [6.45, 7) is 1.61. The van der Waals surface area contributed by atoms with Gasteiger partial charge in [0, 0.05) is 11.6 Å². The molecule has 1 aromatic heterocycles. The first-order valence-corrected chi connectivity index (χ1v) is 9.23. The lowest BCUT2D eigenvalue weighted by Gasteiger charge is -2.13. The van der Waals surface area contributed by atoms with Crippen LogP contribution in [-0.2, 0) is 16.0 Å². The normalized spacial score (nSPS) is 11.6. The monoisotopic (exact) mass is 377 g/mol. The minimum Gasteiger partial charge on any atom is -0.451 e. The molecule has 6 nitrogen and oxygen atoms in total. The molecule has 0 aliphatic rings. The molecule has 3 aromatic rings. The Labute approximate surface area is 163 Å². The summed E-state index contributed by atoms with van der Waals surface area (Å²) in [6, 6.07) is 21.2. The molecule has 3 rings (SSSR count). The fourth-order valence-electron chi connectivity index (χ4n) is 2.81. The number of ether oxygens (including phenoxy) is 1. The van der Waals surface area contributed by atoms with Gasteiger partial charge in [-0.15, -0.1) is 0 Å². The van der Waals surface area contributed by atoms with Crippen molar-refractivity contribution in [1.82, 2.24) is 15.5 Å². The Balaban J connectivity index is 1.43. The number of hydrogen-bond donors (Lipinski definition) is 2. The van der Waals surface area contributed by atoms with Gasteiger partial charge in [-0.1, -0.05) is 60.7 Å². The van der Waals surface area contributed by atoms with Gasteiger partial charge in [-0.25, -0.2) is 4.79 Å². The smallest absolute Gasteiger partial charge is 0.356 e. The molecular formula is C22H23N3O3. The Morgan fingerprint density at radius 1 is 1.07 bits per heavy atom. The quantitative estimate of drug-likeness (QED) is 0.590. The standard InChI is InChI=1S/C22H23N3O3/c1-16(12-13-17-8-4-2-5-9-17)23-21(26)15-28-22(27)20-14-19(24-25-20)18-10-6-3-7-11-18/h2-11,14,16H,12-13,15H2,1H3,(H,23,26)(H,24,25)/t16-/m1/s1. The molecule has 144 valence electrons. The average Bonchev–Trinajstić information content (AvgIpc) is 3.22. The highest BCUT2D eigenvalue weighted by molar-refractivity contribution is 5.90. The van der Waals surface area contributed by atoms with Gasteiger partial charge in [-0.2, -0.15) is 5.10 Å². The first kappa shape index (κ1) is 19.4. The molecule has 0 radical (unpaired) electrons. The largest absolute Gasteiger partial charge is 0.451 e. The van der Waals surface area contributed by atoms with E-state index >= 15 is 0 Å². The molecule has 0 saturated carbocycles. The van der Waals surface area contributed by atoms with Crippen molar-refractivity contribution in [3.8, 4) is 11.3 Å². The van der Waals surface area contributed by atoms with Crippen LogP contribution in [0.2, 0.25) is 0 Å². The maximum atomic E-state index is 12.1. The number of hydrogen-bond acceptors (Lipinski definition) is 4. The second-order valence-corrected chi connectivity index (χ2v) is 6.60. The van der Waals surface area contributed by atoms with Gasteiger partial charge in [-0.05, 0) is 31.4 Å². The number of aryl methyl sites for hydroxylation is 1. The Morgan fingerprint density at radius 3 is 2.46 bits per heavy atom. The van der Waals surface area contributed by atoms with Crippen LogP contribution in [0.5, 0.6) is 0 Å². The molecule has 0 aliphatic heterocycles. The molecule has 0 saturated heterocycles. The Kier molecular flexibility index (Phi) is 6.57. The van der Waals surface area contributed by atoms with Crippen LogP contribution in [0, 0.1) is 0 Å². The Hall–Kier alpha value is -3.41. The van der Waals surface area contributed by atoms with E-state index in [4.69, 9.17) is 4.74 Å². The van der Waals surface area contributed by atoms with Gasteiger partial charge in [0.2, 0.25) is 0 Å². The fourth-order valence-corrected chi connectivity index (χ4v) is 2.81. The van der Waals surface area contributed by atoms with Crippen molar-refractivity contribution in [2.45, 2.75) is 25.8 Å². The third-order valence-electron chi connectivity index (χ3n) is 4.32. The Bertz CT molecular complexity index is 907. The molecule has 1 amide bonds. The summed E-state index contributed by atoms with van der Waals surface area (Å²) in [6.07, 6.45) is 1.68. The molecule has 28 heavy (non-hydrogen) atoms. The van der Waals surface area contributed by atoms with Crippen molar-refractivity contribution in [1.29, 1.82) is 0 Å². The lowest BCUT2D eigenvalue weighted by molar-refractivity contribution is -0.124. The summed E-state index contributed by atoms with van der Waals surface area (Å²) in [7, 11) is 0. The molecule has 0 aliphatic carbocycles. The third-order valence-corrected chi connectivity index (χ3v) is 4.32. The van der Waals surface area contributed by atoms with Gasteiger partial charge >= 0.3 is 5.97 Å². The average molecular weight is 377 g/mol. The molecule has 0 bridgehead atoms. The number of esters is 1. The van der Waals surface area contributed by atoms with E-state index < -0.39 is 5.97 Å². The second-order valence-electron chi connectivity index (χ2n) is 6.60. The van der Waals surface area contributed by atoms with Gasteiger partial charge in [0.15, 0.2) is 6.61 Å². The SMILES string of the molecule is C[C@H](CCc1ccccc1)NC(=O)COC(=O)c1cc(-c2ccccc2)n[nH]1. The topological polar surface area (TPSA) is 84.1 Å². The van der Waals surface area contributed by atoms with E-state index in [1.54, 1.807) is 6.07 Å². The van der Waals surface area contributed by atoms with E-state index in [9.17, 15) is 9.59 Å². The first-order valence-electron chi connectivity index (χ1n) is 9.23. The minimum absolute atomic E-state index is 0.0109. The number of carbonyl (C=O) groups is 2. The zero-order chi connectivity index (χ0) is 19.8. The fraction of sp³-hybridized carbons (Fsp3) is 0.227. The number of nitrogens with zero attached hydrogens (tertiary/aromatic N) is 1. The number of nitrogens with one attached hydrogen (secondary N) is 2. The van der Waals surface area contributed by atoms with Crippen LogP contribution in [0.15, 0.2) is 66.7 Å². The maximum Gasteiger partial charge on any atom is 0.356 e. The summed E-state index contributed by atoms with van der Waals surface area (Å²) in [4.78, 5) is 24.1. The van der Waals surface area contributed by atoms with Crippen molar-refractivity contribution in [2.24, 2.45) is 0 Å². The van der Waals surface area contributed by atoms with Crippen molar-refractivity contribution >= 4 is 11.9 Å². The van der Waals surface area contributed by atoms with Crippen LogP contribution < -0.4 is 5.32 Å². The van der Waals surface area contributed by atoms with E-state index in [1.807, 2.05) is 55.5 Å². The molecule has 6 heteroatoms. The molecule has 1 atom stereocenters. The Morgan fingerprint density at radius 2 is 1.75 bits per heavy atom. The lowest BCUT2D eigenvalue weighted by Crippen LogP contribution is -2.36. The van der Waals surface area contributed by atoms with Crippen molar-refractivity contribution < 1.29 is 14.3 Å². The van der Waals surface area contributed by atoms with Gasteiger partial charge in [0.25, 0.3) is 5.91 Å². The number of carbonyl (C=O) groups excluding carboxylic acids is 2. The predicted molar refractivity (Wildman–Crippen MR) is 107 cm³/mol. The van der Waals surface area contributed by atoms with Crippen LogP contribution in [0.3, 0.4) is 0 Å². The number of amides is 1. The van der Waals surface area contributed by atoms with Crippen LogP contribution in [0.4, 0.5) is 0 Å². The highest BCUT2D eigenvalue weighted by Crippen LogP contribution is 2.17. The van der Waals surface area contributed by atoms with E-state index in [0.29, 0.717) is 5.69 Å². The van der Waals surface area contributed by atoms with Gasteiger partial charge in [0.1, 0.15) is 5.69 Å². The van der Waals surface area contributed by atoms with Crippen LogP contribution in [0.1, 0.15) is 29.4 Å². The highest BCUT2D eigenvalue weighted by Gasteiger charge is 2.15. The van der Waals surface area contributed by atoms with E-state index in [1.165, 1.54) is 5.56 Å². The van der Waals surface area contributed by atoms with E-state index in [2.05, 4.69) is 27.6 Å². The summed E-state index contributed by atoms with van der Waals surface area (Å²) in [5.74, 6) is -0.932. The van der Waals surface area contributed by atoms with Gasteiger partial charge < -0.3 is 10.1 Å². The molecule has 0 fully saturated rings. The van der Waals surface area contributed by atoms with Crippen LogP contribution in [0.25, 0.3) is 11.3 Å². The van der Waals surface area contributed by atoms with E-state index in [0.717, 1.165) is 18.4 Å². The van der Waals surface area contributed by atoms with Crippen molar-refractivity contribution in [2.75, 3.05) is 6.61 Å². The molecule has 0 unspecified atom stereocenters. The number of benzene rings is 2. The third kappa shape index (κ3) is 5.54. The number of rotatable bonds is 8. The van der Waals surface area contributed by atoms with Crippen LogP contribution >= 0.6 is 0 Å². The zero-order valence-corrected chi connectivity index (χ0v) is 15.7. The highest BCUT2D eigenvalue weighted by atomic mass is 16.5.